The maximum absolute atomic E-state index is 12.2. The van der Waals surface area contributed by atoms with Gasteiger partial charge in [-0.2, -0.15) is 4.98 Å². The summed E-state index contributed by atoms with van der Waals surface area (Å²) in [6, 6.07) is 0. The molecular formula is C15H22N4OS. The number of rotatable bonds is 4. The molecule has 1 aliphatic carbocycles. The molecule has 0 atom stereocenters. The van der Waals surface area contributed by atoms with Crippen LogP contribution in [-0.4, -0.2) is 25.8 Å². The van der Waals surface area contributed by atoms with Crippen molar-refractivity contribution < 1.29 is 0 Å². The molecule has 2 aromatic heterocycles. The van der Waals surface area contributed by atoms with Crippen molar-refractivity contribution in [2.24, 2.45) is 0 Å². The number of aryl methyl sites for hydroxylation is 1. The molecule has 0 aliphatic heterocycles. The third kappa shape index (κ3) is 2.73. The molecule has 3 rings (SSSR count). The van der Waals surface area contributed by atoms with Gasteiger partial charge in [0.1, 0.15) is 16.4 Å². The van der Waals surface area contributed by atoms with E-state index >= 15 is 0 Å². The highest BCUT2D eigenvalue weighted by Crippen LogP contribution is 2.32. The minimum Gasteiger partial charge on any atom is -0.338 e. The second kappa shape index (κ2) is 6.22. The Labute approximate surface area is 128 Å². The van der Waals surface area contributed by atoms with E-state index in [0.717, 1.165) is 28.4 Å². The first-order valence-corrected chi connectivity index (χ1v) is 9.01. The molecule has 6 heteroatoms. The predicted octanol–water partition coefficient (Wildman–Crippen LogP) is 3.30. The minimum atomic E-state index is -0.185. The quantitative estimate of drug-likeness (QED) is 0.695. The van der Waals surface area contributed by atoms with Gasteiger partial charge in [0.05, 0.1) is 0 Å². The number of hydrogen-bond acceptors (Lipinski definition) is 4. The fraction of sp³-hybridized carbons (Fsp3) is 0.667. The summed E-state index contributed by atoms with van der Waals surface area (Å²) in [6.45, 7) is 2.74. The number of aromatic amines is 1. The van der Waals surface area contributed by atoms with Crippen molar-refractivity contribution in [1.29, 1.82) is 0 Å². The van der Waals surface area contributed by atoms with Crippen LogP contribution in [0.5, 0.6) is 0 Å². The minimum absolute atomic E-state index is 0.185. The molecule has 0 aromatic carbocycles. The smallest absolute Gasteiger partial charge is 0.338 e. The van der Waals surface area contributed by atoms with E-state index in [0.29, 0.717) is 12.5 Å². The van der Waals surface area contributed by atoms with Crippen LogP contribution in [-0.2, 0) is 6.54 Å². The van der Waals surface area contributed by atoms with Gasteiger partial charge in [0, 0.05) is 12.5 Å². The van der Waals surface area contributed by atoms with Crippen LogP contribution in [0.25, 0.3) is 11.2 Å². The van der Waals surface area contributed by atoms with E-state index in [1.165, 1.54) is 43.9 Å². The number of nitrogens with zero attached hydrogens (tertiary/aromatic N) is 3. The number of H-pyrrole nitrogens is 1. The molecule has 5 nitrogen and oxygen atoms in total. The van der Waals surface area contributed by atoms with Crippen LogP contribution in [0.1, 0.15) is 57.2 Å². The molecule has 2 heterocycles. The van der Waals surface area contributed by atoms with Crippen molar-refractivity contribution in [3.05, 3.63) is 16.3 Å². The molecule has 1 fully saturated rings. The van der Waals surface area contributed by atoms with Crippen molar-refractivity contribution in [3.8, 4) is 0 Å². The fourth-order valence-corrected chi connectivity index (χ4v) is 3.68. The Kier molecular flexibility index (Phi) is 4.33. The van der Waals surface area contributed by atoms with Gasteiger partial charge >= 0.3 is 5.69 Å². The molecule has 1 saturated carbocycles. The second-order valence-corrected chi connectivity index (χ2v) is 6.51. The molecule has 0 amide bonds. The average Bonchev–Trinajstić information content (AvgIpc) is 2.96. The van der Waals surface area contributed by atoms with Crippen LogP contribution in [0.3, 0.4) is 0 Å². The number of thioether (sulfide) groups is 1. The highest BCUT2D eigenvalue weighted by atomic mass is 32.2. The molecule has 114 valence electrons. The second-order valence-electron chi connectivity index (χ2n) is 5.71. The van der Waals surface area contributed by atoms with E-state index in [1.54, 1.807) is 4.57 Å². The van der Waals surface area contributed by atoms with Gasteiger partial charge in [0.25, 0.3) is 0 Å². The molecule has 0 unspecified atom stereocenters. The van der Waals surface area contributed by atoms with Crippen LogP contribution < -0.4 is 5.69 Å². The van der Waals surface area contributed by atoms with Gasteiger partial charge in [0.15, 0.2) is 5.65 Å². The van der Waals surface area contributed by atoms with Crippen molar-refractivity contribution in [2.45, 2.75) is 62.9 Å². The lowest BCUT2D eigenvalue weighted by molar-refractivity contribution is 0.431. The monoisotopic (exact) mass is 306 g/mol. The van der Waals surface area contributed by atoms with Gasteiger partial charge in [-0.05, 0) is 25.5 Å². The summed E-state index contributed by atoms with van der Waals surface area (Å²) in [5, 5.41) is 0.761. The summed E-state index contributed by atoms with van der Waals surface area (Å²) in [7, 11) is 0. The Balaban J connectivity index is 2.13. The van der Waals surface area contributed by atoms with Crippen LogP contribution in [0.4, 0.5) is 0 Å². The molecule has 0 radical (unpaired) electrons. The largest absolute Gasteiger partial charge is 0.350 e. The standard InChI is InChI=1S/C15H22N4OS/c1-3-9-19-13-11(14(21-2)18-15(19)20)16-12(17-13)10-7-5-4-6-8-10/h10H,3-9H2,1-2H3,(H,16,17). The number of aromatic nitrogens is 4. The van der Waals surface area contributed by atoms with Gasteiger partial charge in [-0.15, -0.1) is 11.8 Å². The van der Waals surface area contributed by atoms with E-state index in [-0.39, 0.29) is 5.69 Å². The lowest BCUT2D eigenvalue weighted by Gasteiger charge is -2.18. The zero-order valence-corrected chi connectivity index (χ0v) is 13.5. The van der Waals surface area contributed by atoms with Crippen molar-refractivity contribution in [2.75, 3.05) is 6.26 Å². The summed E-state index contributed by atoms with van der Waals surface area (Å²) >= 11 is 1.50. The van der Waals surface area contributed by atoms with Crippen LogP contribution in [0, 0.1) is 0 Å². The first-order chi connectivity index (χ1) is 10.2. The summed E-state index contributed by atoms with van der Waals surface area (Å²) in [6.07, 6.45) is 9.12. The van der Waals surface area contributed by atoms with E-state index in [1.807, 2.05) is 6.26 Å². The first kappa shape index (κ1) is 14.6. The lowest BCUT2D eigenvalue weighted by Crippen LogP contribution is -2.24. The Bertz CT molecular complexity index is 685. The summed E-state index contributed by atoms with van der Waals surface area (Å²) in [5.74, 6) is 1.54. The lowest BCUT2D eigenvalue weighted by atomic mass is 9.89. The normalized spacial score (nSPS) is 16.7. The number of nitrogens with one attached hydrogen (secondary N) is 1. The Morgan fingerprint density at radius 3 is 2.71 bits per heavy atom. The molecule has 21 heavy (non-hydrogen) atoms. The SMILES string of the molecule is CCCn1c(=O)nc(SC)c2[nH]c(C3CCCCC3)nc21. The van der Waals surface area contributed by atoms with Gasteiger partial charge in [0.2, 0.25) is 0 Å². The Morgan fingerprint density at radius 1 is 1.29 bits per heavy atom. The Hall–Kier alpha value is -1.30. The zero-order chi connectivity index (χ0) is 14.8. The van der Waals surface area contributed by atoms with Gasteiger partial charge < -0.3 is 4.98 Å². The van der Waals surface area contributed by atoms with E-state index in [2.05, 4.69) is 16.9 Å². The topological polar surface area (TPSA) is 63.6 Å². The maximum atomic E-state index is 12.2. The summed E-state index contributed by atoms with van der Waals surface area (Å²) < 4.78 is 1.71. The molecule has 2 aromatic rings. The molecule has 0 saturated heterocycles. The maximum Gasteiger partial charge on any atom is 0.350 e. The molecule has 1 aliphatic rings. The molecule has 0 spiro atoms. The fourth-order valence-electron chi connectivity index (χ4n) is 3.16. The van der Waals surface area contributed by atoms with Crippen molar-refractivity contribution in [3.63, 3.8) is 0 Å². The summed E-state index contributed by atoms with van der Waals surface area (Å²) in [5.41, 5.74) is 1.52. The third-order valence-corrected chi connectivity index (χ3v) is 4.92. The molecular weight excluding hydrogens is 284 g/mol. The number of imidazole rings is 1. The predicted molar refractivity (Wildman–Crippen MR) is 86.0 cm³/mol. The van der Waals surface area contributed by atoms with Gasteiger partial charge in [-0.25, -0.2) is 9.78 Å². The third-order valence-electron chi connectivity index (χ3n) is 4.23. The zero-order valence-electron chi connectivity index (χ0n) is 12.7. The molecule has 0 bridgehead atoms. The van der Waals surface area contributed by atoms with Gasteiger partial charge in [-0.1, -0.05) is 26.2 Å². The number of hydrogen-bond donors (Lipinski definition) is 1. The van der Waals surface area contributed by atoms with Crippen molar-refractivity contribution >= 4 is 22.9 Å². The average molecular weight is 306 g/mol. The highest BCUT2D eigenvalue weighted by molar-refractivity contribution is 7.98. The van der Waals surface area contributed by atoms with Crippen LogP contribution >= 0.6 is 11.8 Å². The van der Waals surface area contributed by atoms with E-state index in [9.17, 15) is 4.79 Å². The van der Waals surface area contributed by atoms with Crippen LogP contribution in [0.15, 0.2) is 9.82 Å². The van der Waals surface area contributed by atoms with Gasteiger partial charge in [-0.3, -0.25) is 4.57 Å². The Morgan fingerprint density at radius 2 is 2.05 bits per heavy atom. The first-order valence-electron chi connectivity index (χ1n) is 7.79. The summed E-state index contributed by atoms with van der Waals surface area (Å²) in [4.78, 5) is 24.6. The van der Waals surface area contributed by atoms with Crippen molar-refractivity contribution in [1.82, 2.24) is 19.5 Å². The molecule has 1 N–H and O–H groups in total. The number of fused-ring (bicyclic) bond motifs is 1. The highest BCUT2D eigenvalue weighted by Gasteiger charge is 2.21. The van der Waals surface area contributed by atoms with Crippen LogP contribution in [0.2, 0.25) is 0 Å². The van der Waals surface area contributed by atoms with E-state index in [4.69, 9.17) is 4.98 Å². The van der Waals surface area contributed by atoms with E-state index < -0.39 is 0 Å².